The first-order valence-electron chi connectivity index (χ1n) is 16.4. The topological polar surface area (TPSA) is 20.5 Å². The molecular weight excluding hydrogens is 572 g/mol. The third kappa shape index (κ3) is 5.87. The normalized spacial score (nSPS) is 16.6. The molecule has 0 bridgehead atoms. The molecule has 2 nitrogen and oxygen atoms in total. The first kappa shape index (κ1) is 28.7. The van der Waals surface area contributed by atoms with Gasteiger partial charge in [0.25, 0.3) is 0 Å². The van der Waals surface area contributed by atoms with Crippen LogP contribution in [-0.2, 0) is 11.2 Å². The molecule has 8 rings (SSSR count). The van der Waals surface area contributed by atoms with Gasteiger partial charge in [-0.2, -0.15) is 0 Å². The fourth-order valence-electron chi connectivity index (χ4n) is 6.81. The summed E-state index contributed by atoms with van der Waals surface area (Å²) in [6.07, 6.45) is 16.9. The Balaban J connectivity index is 1.09. The Labute approximate surface area is 276 Å². The molecule has 1 aliphatic heterocycles. The van der Waals surface area contributed by atoms with Crippen LogP contribution in [0, 0.1) is 0 Å². The molecule has 0 radical (unpaired) electrons. The van der Waals surface area contributed by atoms with Gasteiger partial charge in [0.15, 0.2) is 0 Å². The van der Waals surface area contributed by atoms with Gasteiger partial charge in [-0.05, 0) is 72.2 Å². The number of fused-ring (bicyclic) bond motifs is 2. The Hall–Kier alpha value is -5.73. The summed E-state index contributed by atoms with van der Waals surface area (Å²) in [5.74, 6) is 3.78. The molecule has 2 aliphatic carbocycles. The lowest BCUT2D eigenvalue weighted by molar-refractivity contribution is 0.390. The molecule has 0 spiro atoms. The van der Waals surface area contributed by atoms with Gasteiger partial charge in [-0.15, -0.1) is 0 Å². The number of rotatable bonds is 7. The van der Waals surface area contributed by atoms with Crippen molar-refractivity contribution < 1.29 is 9.15 Å². The Morgan fingerprint density at radius 1 is 0.574 bits per heavy atom. The number of benzene rings is 4. The molecule has 0 unspecified atom stereocenters. The lowest BCUT2D eigenvalue weighted by Crippen LogP contribution is -2.03. The third-order valence-corrected chi connectivity index (χ3v) is 9.15. The molecule has 2 heteroatoms. The van der Waals surface area contributed by atoms with Gasteiger partial charge < -0.3 is 4.74 Å². The van der Waals surface area contributed by atoms with Gasteiger partial charge in [-0.25, -0.2) is 4.42 Å². The summed E-state index contributed by atoms with van der Waals surface area (Å²) in [7, 11) is 0. The SMILES string of the molecule is C1=C(c2ccccc2)OC2=C(/C=C/C=C/C=C3\CCc4c(-c5ccccc5)cc(-c5ccccc5)[o+]c43)CCC2=C1c1ccccc1. The standard InChI is InChI=1S/C45H35O2/c1-6-16-32(17-7-1)40-30-42(34-20-10-3-11-21-34)46-44-36(26-28-38(40)44)24-14-5-15-25-37-27-29-39-41(33-18-8-2-9-19-33)31-43(47-45(37)39)35-22-12-4-13-23-35/h1-25,30-31H,26-29H2/q+1. The molecule has 5 aromatic rings. The van der Waals surface area contributed by atoms with Crippen LogP contribution in [-0.4, -0.2) is 0 Å². The first-order valence-corrected chi connectivity index (χ1v) is 16.4. The van der Waals surface area contributed by atoms with Gasteiger partial charge in [-0.1, -0.05) is 133 Å². The molecular formula is C45H35O2+. The summed E-state index contributed by atoms with van der Waals surface area (Å²) in [6, 6.07) is 44.3. The molecule has 0 fully saturated rings. The minimum absolute atomic E-state index is 0.893. The van der Waals surface area contributed by atoms with Gasteiger partial charge in [0, 0.05) is 16.7 Å². The smallest absolute Gasteiger partial charge is 0.361 e. The predicted molar refractivity (Wildman–Crippen MR) is 194 cm³/mol. The van der Waals surface area contributed by atoms with E-state index in [1.54, 1.807) is 0 Å². The van der Waals surface area contributed by atoms with Crippen molar-refractivity contribution >= 4 is 16.9 Å². The monoisotopic (exact) mass is 607 g/mol. The van der Waals surface area contributed by atoms with Crippen LogP contribution < -0.4 is 0 Å². The molecule has 1 aromatic heterocycles. The Kier molecular flexibility index (Phi) is 7.91. The fourth-order valence-corrected chi connectivity index (χ4v) is 6.81. The highest BCUT2D eigenvalue weighted by molar-refractivity contribution is 5.89. The van der Waals surface area contributed by atoms with Crippen LogP contribution in [0.25, 0.3) is 39.4 Å². The van der Waals surface area contributed by atoms with Crippen molar-refractivity contribution in [3.05, 3.63) is 203 Å². The minimum Gasteiger partial charge on any atom is -0.456 e. The van der Waals surface area contributed by atoms with Crippen molar-refractivity contribution in [3.8, 4) is 22.5 Å². The van der Waals surface area contributed by atoms with Gasteiger partial charge in [0.2, 0.25) is 0 Å². The van der Waals surface area contributed by atoms with E-state index in [0.29, 0.717) is 0 Å². The van der Waals surface area contributed by atoms with Crippen molar-refractivity contribution in [2.75, 3.05) is 0 Å². The van der Waals surface area contributed by atoms with Gasteiger partial charge in [0.1, 0.15) is 11.5 Å². The van der Waals surface area contributed by atoms with E-state index in [9.17, 15) is 0 Å². The summed E-state index contributed by atoms with van der Waals surface area (Å²) < 4.78 is 13.2. The Morgan fingerprint density at radius 2 is 1.21 bits per heavy atom. The third-order valence-electron chi connectivity index (χ3n) is 9.15. The van der Waals surface area contributed by atoms with Gasteiger partial charge >= 0.3 is 11.5 Å². The van der Waals surface area contributed by atoms with E-state index in [1.807, 2.05) is 12.1 Å². The van der Waals surface area contributed by atoms with Gasteiger partial charge in [-0.3, -0.25) is 0 Å². The van der Waals surface area contributed by atoms with Crippen LogP contribution in [0.2, 0.25) is 0 Å². The van der Waals surface area contributed by atoms with Gasteiger partial charge in [0.05, 0.1) is 22.8 Å². The van der Waals surface area contributed by atoms with E-state index >= 15 is 0 Å². The summed E-state index contributed by atoms with van der Waals surface area (Å²) >= 11 is 0. The summed E-state index contributed by atoms with van der Waals surface area (Å²) in [6.45, 7) is 0. The van der Waals surface area contributed by atoms with E-state index < -0.39 is 0 Å². The number of ether oxygens (including phenoxy) is 1. The average Bonchev–Trinajstić information content (AvgIpc) is 3.76. The lowest BCUT2D eigenvalue weighted by atomic mass is 9.95. The van der Waals surface area contributed by atoms with Crippen LogP contribution in [0.4, 0.5) is 0 Å². The second-order valence-electron chi connectivity index (χ2n) is 12.1. The van der Waals surface area contributed by atoms with E-state index in [-0.39, 0.29) is 0 Å². The van der Waals surface area contributed by atoms with Crippen LogP contribution in [0.5, 0.6) is 0 Å². The Bertz CT molecular complexity index is 2110. The maximum absolute atomic E-state index is 6.62. The summed E-state index contributed by atoms with van der Waals surface area (Å²) in [5, 5.41) is 0. The van der Waals surface area contributed by atoms with E-state index in [2.05, 4.69) is 152 Å². The molecule has 0 atom stereocenters. The molecule has 47 heavy (non-hydrogen) atoms. The summed E-state index contributed by atoms with van der Waals surface area (Å²) in [5.41, 5.74) is 12.2. The van der Waals surface area contributed by atoms with Crippen molar-refractivity contribution in [1.82, 2.24) is 0 Å². The van der Waals surface area contributed by atoms with E-state index in [1.165, 1.54) is 44.5 Å². The second kappa shape index (κ2) is 12.9. The molecule has 4 aromatic carbocycles. The molecule has 0 N–H and O–H groups in total. The van der Waals surface area contributed by atoms with Crippen molar-refractivity contribution in [2.24, 2.45) is 0 Å². The first-order chi connectivity index (χ1) is 23.3. The van der Waals surface area contributed by atoms with E-state index in [0.717, 1.165) is 59.8 Å². The maximum atomic E-state index is 6.62. The number of hydrogen-bond donors (Lipinski definition) is 0. The average molecular weight is 608 g/mol. The largest absolute Gasteiger partial charge is 0.456 e. The van der Waals surface area contributed by atoms with Crippen LogP contribution in [0.15, 0.2) is 185 Å². The predicted octanol–water partition coefficient (Wildman–Crippen LogP) is 11.9. The number of hydrogen-bond acceptors (Lipinski definition) is 1. The maximum Gasteiger partial charge on any atom is 0.361 e. The van der Waals surface area contributed by atoms with Crippen LogP contribution >= 0.6 is 0 Å². The zero-order chi connectivity index (χ0) is 31.4. The lowest BCUT2D eigenvalue weighted by Gasteiger charge is -2.22. The Morgan fingerprint density at radius 3 is 1.91 bits per heavy atom. The number of allylic oxidation sites excluding steroid dienone is 10. The zero-order valence-electron chi connectivity index (χ0n) is 26.2. The highest BCUT2D eigenvalue weighted by Crippen LogP contribution is 2.45. The zero-order valence-corrected chi connectivity index (χ0v) is 26.2. The highest BCUT2D eigenvalue weighted by atomic mass is 16.5. The molecule has 0 amide bonds. The molecule has 2 heterocycles. The quantitative estimate of drug-likeness (QED) is 0.136. The molecule has 3 aliphatic rings. The van der Waals surface area contributed by atoms with E-state index in [4.69, 9.17) is 9.15 Å². The van der Waals surface area contributed by atoms with Crippen LogP contribution in [0.3, 0.4) is 0 Å². The molecule has 0 saturated heterocycles. The highest BCUT2D eigenvalue weighted by Gasteiger charge is 2.33. The fraction of sp³-hybridized carbons (Fsp3) is 0.0889. The summed E-state index contributed by atoms with van der Waals surface area (Å²) in [4.78, 5) is 0. The van der Waals surface area contributed by atoms with Crippen molar-refractivity contribution in [1.29, 1.82) is 0 Å². The second-order valence-corrected chi connectivity index (χ2v) is 12.1. The molecule has 0 saturated carbocycles. The van der Waals surface area contributed by atoms with Crippen molar-refractivity contribution in [3.63, 3.8) is 0 Å². The van der Waals surface area contributed by atoms with Crippen LogP contribution in [0.1, 0.15) is 41.7 Å². The van der Waals surface area contributed by atoms with Crippen molar-refractivity contribution in [2.45, 2.75) is 25.7 Å². The molecule has 226 valence electrons. The minimum atomic E-state index is 0.893.